The smallest absolute Gasteiger partial charge is 0.215 e. The van der Waals surface area contributed by atoms with Crippen molar-refractivity contribution in [3.63, 3.8) is 0 Å². The van der Waals surface area contributed by atoms with Crippen molar-refractivity contribution in [1.82, 2.24) is 15.2 Å². The molecule has 0 aliphatic heterocycles. The number of pyridine rings is 1. The van der Waals surface area contributed by atoms with Crippen LogP contribution in [-0.4, -0.2) is 15.2 Å². The highest BCUT2D eigenvalue weighted by atomic mass is 19.1. The number of halogens is 1. The molecule has 1 aliphatic rings. The fourth-order valence-corrected chi connectivity index (χ4v) is 2.74. The first-order valence-corrected chi connectivity index (χ1v) is 6.44. The van der Waals surface area contributed by atoms with Gasteiger partial charge in [0.25, 0.3) is 0 Å². The number of nitrogens with two attached hydrogens (primary N) is 1. The van der Waals surface area contributed by atoms with E-state index in [2.05, 4.69) is 29.0 Å². The van der Waals surface area contributed by atoms with Gasteiger partial charge in [-0.1, -0.05) is 13.8 Å². The number of fused-ring (bicyclic) bond motifs is 1. The largest absolute Gasteiger partial charge is 0.384 e. The van der Waals surface area contributed by atoms with Crippen LogP contribution < -0.4 is 5.73 Å². The molecule has 0 fully saturated rings. The normalized spacial score (nSPS) is 17.2. The Bertz CT molecular complexity index is 610. The highest BCUT2D eigenvalue weighted by Gasteiger charge is 2.29. The zero-order valence-electron chi connectivity index (χ0n) is 11.1. The lowest BCUT2D eigenvalue weighted by molar-refractivity contribution is 0.312. The molecule has 0 spiro atoms. The Morgan fingerprint density at radius 1 is 1.37 bits per heavy atom. The Morgan fingerprint density at radius 3 is 2.89 bits per heavy atom. The molecule has 2 aromatic heterocycles. The summed E-state index contributed by atoms with van der Waals surface area (Å²) in [7, 11) is 0. The number of hydrogen-bond donors (Lipinski definition) is 2. The predicted octanol–water partition coefficient (Wildman–Crippen LogP) is 2.71. The van der Waals surface area contributed by atoms with E-state index in [-0.39, 0.29) is 5.82 Å². The number of nitrogen functional groups attached to an aromatic ring is 1. The third-order valence-corrected chi connectivity index (χ3v) is 3.75. The van der Waals surface area contributed by atoms with Crippen molar-refractivity contribution in [2.45, 2.75) is 33.1 Å². The zero-order valence-corrected chi connectivity index (χ0v) is 11.1. The maximum absolute atomic E-state index is 13.3. The second-order valence-electron chi connectivity index (χ2n) is 5.97. The molecule has 2 heterocycles. The van der Waals surface area contributed by atoms with Crippen LogP contribution in [0, 0.1) is 11.4 Å². The number of nitrogens with zero attached hydrogens (tertiary/aromatic N) is 2. The summed E-state index contributed by atoms with van der Waals surface area (Å²) in [4.78, 5) is 3.55. The van der Waals surface area contributed by atoms with Crippen LogP contribution in [0.25, 0.3) is 11.3 Å². The third-order valence-electron chi connectivity index (χ3n) is 3.75. The van der Waals surface area contributed by atoms with E-state index in [1.165, 1.54) is 11.6 Å². The van der Waals surface area contributed by atoms with Crippen molar-refractivity contribution in [1.29, 1.82) is 0 Å². The van der Waals surface area contributed by atoms with Crippen LogP contribution in [0.1, 0.15) is 31.5 Å². The molecule has 19 heavy (non-hydrogen) atoms. The van der Waals surface area contributed by atoms with Crippen LogP contribution in [0.5, 0.6) is 0 Å². The van der Waals surface area contributed by atoms with Gasteiger partial charge < -0.3 is 5.73 Å². The number of H-pyrrole nitrogens is 1. The van der Waals surface area contributed by atoms with E-state index in [0.29, 0.717) is 11.0 Å². The van der Waals surface area contributed by atoms with Gasteiger partial charge in [-0.15, -0.1) is 0 Å². The molecule has 2 aromatic rings. The molecular formula is C14H17FN4. The highest BCUT2D eigenvalue weighted by Crippen LogP contribution is 2.37. The molecule has 0 saturated heterocycles. The van der Waals surface area contributed by atoms with Gasteiger partial charge in [-0.3, -0.25) is 5.10 Å². The standard InChI is InChI=1S/C14H17FN4/c1-14(2)4-3-9-10(7-14)18-19-13(9)8-5-11(15)17-12(16)6-8/h5-6H,3-4,7H2,1-2H3,(H2,16,17)(H,18,19). The lowest BCUT2D eigenvalue weighted by Crippen LogP contribution is -2.21. The summed E-state index contributed by atoms with van der Waals surface area (Å²) in [6.45, 7) is 4.50. The van der Waals surface area contributed by atoms with Crippen LogP contribution in [0.2, 0.25) is 0 Å². The second-order valence-corrected chi connectivity index (χ2v) is 5.97. The van der Waals surface area contributed by atoms with Crippen LogP contribution in [0.15, 0.2) is 12.1 Å². The van der Waals surface area contributed by atoms with Crippen LogP contribution >= 0.6 is 0 Å². The van der Waals surface area contributed by atoms with Gasteiger partial charge in [-0.25, -0.2) is 4.98 Å². The van der Waals surface area contributed by atoms with E-state index >= 15 is 0 Å². The molecule has 0 aromatic carbocycles. The van der Waals surface area contributed by atoms with Gasteiger partial charge in [0, 0.05) is 22.9 Å². The zero-order chi connectivity index (χ0) is 13.6. The summed E-state index contributed by atoms with van der Waals surface area (Å²) in [5, 5.41) is 7.43. The Balaban J connectivity index is 2.06. The van der Waals surface area contributed by atoms with Gasteiger partial charge in [0.2, 0.25) is 5.95 Å². The first-order valence-electron chi connectivity index (χ1n) is 6.44. The lowest BCUT2D eigenvalue weighted by atomic mass is 9.76. The molecule has 0 atom stereocenters. The quantitative estimate of drug-likeness (QED) is 0.775. The molecule has 0 amide bonds. The van der Waals surface area contributed by atoms with Crippen LogP contribution in [0.3, 0.4) is 0 Å². The summed E-state index contributed by atoms with van der Waals surface area (Å²) in [5.74, 6) is -0.384. The Morgan fingerprint density at radius 2 is 2.16 bits per heavy atom. The van der Waals surface area contributed by atoms with E-state index in [1.807, 2.05) is 0 Å². The van der Waals surface area contributed by atoms with Gasteiger partial charge in [-0.2, -0.15) is 9.49 Å². The maximum Gasteiger partial charge on any atom is 0.215 e. The summed E-state index contributed by atoms with van der Waals surface area (Å²) in [6.07, 6.45) is 3.03. The molecule has 3 N–H and O–H groups in total. The first-order chi connectivity index (χ1) is 8.94. The van der Waals surface area contributed by atoms with Gasteiger partial charge in [-0.05, 0) is 30.7 Å². The molecule has 0 bridgehead atoms. The molecule has 100 valence electrons. The van der Waals surface area contributed by atoms with Crippen LogP contribution in [0.4, 0.5) is 10.2 Å². The number of nitrogens with one attached hydrogen (secondary N) is 1. The highest BCUT2D eigenvalue weighted by molar-refractivity contribution is 5.66. The molecular weight excluding hydrogens is 243 g/mol. The minimum atomic E-state index is -0.567. The van der Waals surface area contributed by atoms with Crippen molar-refractivity contribution in [2.24, 2.45) is 5.41 Å². The van der Waals surface area contributed by atoms with Crippen molar-refractivity contribution < 1.29 is 4.39 Å². The van der Waals surface area contributed by atoms with Gasteiger partial charge in [0.1, 0.15) is 5.82 Å². The number of hydrogen-bond acceptors (Lipinski definition) is 3. The topological polar surface area (TPSA) is 67.6 Å². The molecule has 0 radical (unpaired) electrons. The summed E-state index contributed by atoms with van der Waals surface area (Å²) in [5.41, 5.74) is 9.73. The lowest BCUT2D eigenvalue weighted by Gasteiger charge is -2.29. The number of aromatic nitrogens is 3. The van der Waals surface area contributed by atoms with Gasteiger partial charge in [0.15, 0.2) is 0 Å². The average molecular weight is 260 g/mol. The third kappa shape index (κ3) is 2.20. The van der Waals surface area contributed by atoms with Gasteiger partial charge >= 0.3 is 0 Å². The Labute approximate surface area is 111 Å². The van der Waals surface area contributed by atoms with Crippen LogP contribution in [-0.2, 0) is 12.8 Å². The summed E-state index contributed by atoms with van der Waals surface area (Å²) >= 11 is 0. The molecule has 5 heteroatoms. The second kappa shape index (κ2) is 4.05. The Kier molecular flexibility index (Phi) is 2.59. The SMILES string of the molecule is CC1(C)CCc2c(-c3cc(N)nc(F)c3)n[nH]c2C1. The van der Waals surface area contributed by atoms with E-state index < -0.39 is 5.95 Å². The fourth-order valence-electron chi connectivity index (χ4n) is 2.74. The molecule has 1 aliphatic carbocycles. The summed E-state index contributed by atoms with van der Waals surface area (Å²) in [6, 6.07) is 3.05. The fraction of sp³-hybridized carbons (Fsp3) is 0.429. The van der Waals surface area contributed by atoms with Gasteiger partial charge in [0.05, 0.1) is 5.69 Å². The minimum absolute atomic E-state index is 0.183. The van der Waals surface area contributed by atoms with Crippen molar-refractivity contribution in [2.75, 3.05) is 5.73 Å². The monoisotopic (exact) mass is 260 g/mol. The molecule has 3 rings (SSSR count). The van der Waals surface area contributed by atoms with E-state index in [0.717, 1.165) is 30.7 Å². The average Bonchev–Trinajstić information content (AvgIpc) is 2.68. The molecule has 4 nitrogen and oxygen atoms in total. The van der Waals surface area contributed by atoms with Crippen molar-refractivity contribution >= 4 is 5.82 Å². The molecule has 0 unspecified atom stereocenters. The van der Waals surface area contributed by atoms with Crippen molar-refractivity contribution in [3.8, 4) is 11.3 Å². The van der Waals surface area contributed by atoms with E-state index in [9.17, 15) is 4.39 Å². The number of anilines is 1. The molecule has 0 saturated carbocycles. The van der Waals surface area contributed by atoms with Crippen molar-refractivity contribution in [3.05, 3.63) is 29.3 Å². The predicted molar refractivity (Wildman–Crippen MR) is 72.0 cm³/mol. The Hall–Kier alpha value is -1.91. The van der Waals surface area contributed by atoms with E-state index in [1.54, 1.807) is 6.07 Å². The van der Waals surface area contributed by atoms with E-state index in [4.69, 9.17) is 5.73 Å². The number of aromatic amines is 1. The first kappa shape index (κ1) is 12.1. The summed E-state index contributed by atoms with van der Waals surface area (Å²) < 4.78 is 13.3. The maximum atomic E-state index is 13.3. The number of rotatable bonds is 1. The minimum Gasteiger partial charge on any atom is -0.384 e.